The van der Waals surface area contributed by atoms with Gasteiger partial charge in [-0.1, -0.05) is 38.1 Å². The van der Waals surface area contributed by atoms with Gasteiger partial charge in [-0.15, -0.1) is 11.3 Å². The first-order chi connectivity index (χ1) is 16.0. The number of hydrogen-bond acceptors (Lipinski definition) is 7. The second-order valence-corrected chi connectivity index (χ2v) is 9.71. The highest BCUT2D eigenvalue weighted by atomic mass is 32.1. The van der Waals surface area contributed by atoms with Crippen molar-refractivity contribution < 1.29 is 13.9 Å². The first kappa shape index (κ1) is 23.6. The van der Waals surface area contributed by atoms with Crippen LogP contribution in [0.25, 0.3) is 11.3 Å². The summed E-state index contributed by atoms with van der Waals surface area (Å²) in [4.78, 5) is 25.8. The van der Waals surface area contributed by atoms with Crippen molar-refractivity contribution in [1.82, 2.24) is 19.8 Å². The lowest BCUT2D eigenvalue weighted by molar-refractivity contribution is -0.130. The Hall–Kier alpha value is -2.55. The van der Waals surface area contributed by atoms with E-state index < -0.39 is 0 Å². The molecule has 1 saturated heterocycles. The molecule has 2 aromatic heterocycles. The molecule has 3 aromatic rings. The maximum atomic E-state index is 12.6. The first-order valence-corrected chi connectivity index (χ1v) is 12.4. The molecule has 7 nitrogen and oxygen atoms in total. The molecule has 1 fully saturated rings. The largest absolute Gasteiger partial charge is 0.441 e. The summed E-state index contributed by atoms with van der Waals surface area (Å²) in [7, 11) is 1.82. The zero-order valence-electron chi connectivity index (χ0n) is 19.6. The summed E-state index contributed by atoms with van der Waals surface area (Å²) >= 11 is 1.65. The molecule has 0 spiro atoms. The van der Waals surface area contributed by atoms with Crippen LogP contribution < -0.4 is 0 Å². The Bertz CT molecular complexity index is 1040. The van der Waals surface area contributed by atoms with Gasteiger partial charge in [0.2, 0.25) is 5.91 Å². The first-order valence-electron chi connectivity index (χ1n) is 11.5. The Morgan fingerprint density at radius 1 is 1.21 bits per heavy atom. The number of rotatable bonds is 9. The molecular weight excluding hydrogens is 436 g/mol. The topological polar surface area (TPSA) is 71.7 Å². The summed E-state index contributed by atoms with van der Waals surface area (Å²) in [5.74, 6) is 1.87. The van der Waals surface area contributed by atoms with Crippen LogP contribution in [-0.2, 0) is 29.0 Å². The van der Waals surface area contributed by atoms with Gasteiger partial charge >= 0.3 is 0 Å². The van der Waals surface area contributed by atoms with Crippen LogP contribution in [0.2, 0.25) is 0 Å². The predicted octanol–water partition coefficient (Wildman–Crippen LogP) is 4.34. The SMILES string of the molecule is CC(C)c1ccc(-c2cnc(CCC(=O)N(C)Cc3csc(CN4CCOCC4)n3)o2)cc1. The number of morpholine rings is 1. The van der Waals surface area contributed by atoms with Gasteiger partial charge in [-0.25, -0.2) is 9.97 Å². The molecule has 0 saturated carbocycles. The lowest BCUT2D eigenvalue weighted by atomic mass is 10.0. The summed E-state index contributed by atoms with van der Waals surface area (Å²) in [5, 5.41) is 3.13. The third-order valence-corrected chi connectivity index (χ3v) is 6.74. The van der Waals surface area contributed by atoms with E-state index in [1.807, 2.05) is 12.4 Å². The Morgan fingerprint density at radius 2 is 1.97 bits per heavy atom. The summed E-state index contributed by atoms with van der Waals surface area (Å²) in [6.45, 7) is 9.16. The van der Waals surface area contributed by atoms with Gasteiger partial charge < -0.3 is 14.1 Å². The van der Waals surface area contributed by atoms with Gasteiger partial charge in [0.1, 0.15) is 5.01 Å². The summed E-state index contributed by atoms with van der Waals surface area (Å²) in [6.07, 6.45) is 2.57. The maximum absolute atomic E-state index is 12.6. The molecule has 0 unspecified atom stereocenters. The van der Waals surface area contributed by atoms with E-state index in [9.17, 15) is 4.79 Å². The highest BCUT2D eigenvalue weighted by Crippen LogP contribution is 2.24. The van der Waals surface area contributed by atoms with Crippen molar-refractivity contribution in [3.63, 3.8) is 0 Å². The van der Waals surface area contributed by atoms with Gasteiger partial charge in [0.25, 0.3) is 0 Å². The van der Waals surface area contributed by atoms with Crippen LogP contribution in [0.4, 0.5) is 0 Å². The number of amides is 1. The molecule has 3 heterocycles. The van der Waals surface area contributed by atoms with Gasteiger partial charge in [-0.2, -0.15) is 0 Å². The van der Waals surface area contributed by atoms with Gasteiger partial charge in [0.05, 0.1) is 38.2 Å². The molecule has 8 heteroatoms. The molecule has 1 aliphatic rings. The van der Waals surface area contributed by atoms with Gasteiger partial charge in [0, 0.05) is 43.9 Å². The zero-order valence-corrected chi connectivity index (χ0v) is 20.4. The quantitative estimate of drug-likeness (QED) is 0.465. The van der Waals surface area contributed by atoms with Crippen molar-refractivity contribution in [2.75, 3.05) is 33.4 Å². The van der Waals surface area contributed by atoms with E-state index in [0.717, 1.165) is 54.9 Å². The lowest BCUT2D eigenvalue weighted by Gasteiger charge is -2.25. The van der Waals surface area contributed by atoms with Crippen LogP contribution in [0, 0.1) is 0 Å². The number of nitrogens with zero attached hydrogens (tertiary/aromatic N) is 4. The summed E-state index contributed by atoms with van der Waals surface area (Å²) < 4.78 is 11.3. The van der Waals surface area contributed by atoms with Gasteiger partial charge in [-0.3, -0.25) is 9.69 Å². The number of aryl methyl sites for hydroxylation is 1. The van der Waals surface area contributed by atoms with E-state index in [4.69, 9.17) is 14.1 Å². The maximum Gasteiger partial charge on any atom is 0.223 e. The molecular formula is C25H32N4O3S. The third kappa shape index (κ3) is 6.50. The van der Waals surface area contributed by atoms with Crippen molar-refractivity contribution >= 4 is 17.2 Å². The molecule has 1 aliphatic heterocycles. The normalized spacial score (nSPS) is 14.7. The molecule has 0 radical (unpaired) electrons. The number of aromatic nitrogens is 2. The summed E-state index contributed by atoms with van der Waals surface area (Å²) in [6, 6.07) is 8.34. The highest BCUT2D eigenvalue weighted by Gasteiger charge is 2.16. The molecule has 176 valence electrons. The molecule has 0 N–H and O–H groups in total. The monoisotopic (exact) mass is 468 g/mol. The van der Waals surface area contributed by atoms with Crippen molar-refractivity contribution in [3.05, 3.63) is 58.0 Å². The highest BCUT2D eigenvalue weighted by molar-refractivity contribution is 7.09. The fourth-order valence-corrected chi connectivity index (χ4v) is 4.60. The minimum absolute atomic E-state index is 0.0544. The van der Waals surface area contributed by atoms with Crippen LogP contribution in [0.1, 0.15) is 48.3 Å². The van der Waals surface area contributed by atoms with Crippen LogP contribution in [-0.4, -0.2) is 59.0 Å². The van der Waals surface area contributed by atoms with E-state index in [0.29, 0.717) is 31.2 Å². The van der Waals surface area contributed by atoms with Crippen molar-refractivity contribution in [2.24, 2.45) is 0 Å². The van der Waals surface area contributed by atoms with Gasteiger partial charge in [-0.05, 0) is 11.5 Å². The third-order valence-electron chi connectivity index (χ3n) is 5.85. The smallest absolute Gasteiger partial charge is 0.223 e. The molecule has 0 bridgehead atoms. The van der Waals surface area contributed by atoms with E-state index in [1.54, 1.807) is 22.4 Å². The number of thiazole rings is 1. The number of ether oxygens (including phenoxy) is 1. The van der Waals surface area contributed by atoms with E-state index in [2.05, 4.69) is 48.0 Å². The minimum Gasteiger partial charge on any atom is -0.441 e. The van der Waals surface area contributed by atoms with Crippen molar-refractivity contribution in [2.45, 2.75) is 45.7 Å². The molecule has 33 heavy (non-hydrogen) atoms. The van der Waals surface area contributed by atoms with Crippen molar-refractivity contribution in [1.29, 1.82) is 0 Å². The predicted molar refractivity (Wildman–Crippen MR) is 129 cm³/mol. The second kappa shape index (κ2) is 11.0. The van der Waals surface area contributed by atoms with E-state index >= 15 is 0 Å². The average Bonchev–Trinajstić information content (AvgIpc) is 3.48. The number of oxazole rings is 1. The van der Waals surface area contributed by atoms with Crippen LogP contribution in [0.15, 0.2) is 40.3 Å². The molecule has 4 rings (SSSR count). The van der Waals surface area contributed by atoms with Gasteiger partial charge in [0.15, 0.2) is 11.7 Å². The van der Waals surface area contributed by atoms with Crippen LogP contribution >= 0.6 is 11.3 Å². The van der Waals surface area contributed by atoms with Crippen molar-refractivity contribution in [3.8, 4) is 11.3 Å². The molecule has 0 aliphatic carbocycles. The fraction of sp³-hybridized carbons (Fsp3) is 0.480. The van der Waals surface area contributed by atoms with Crippen LogP contribution in [0.5, 0.6) is 0 Å². The Morgan fingerprint density at radius 3 is 2.70 bits per heavy atom. The van der Waals surface area contributed by atoms with Crippen LogP contribution in [0.3, 0.4) is 0 Å². The molecule has 1 aromatic carbocycles. The van der Waals surface area contributed by atoms with E-state index in [1.165, 1.54) is 5.56 Å². The lowest BCUT2D eigenvalue weighted by Crippen LogP contribution is -2.35. The Labute approximate surface area is 199 Å². The number of carbonyl (C=O) groups excluding carboxylic acids is 1. The molecule has 1 amide bonds. The second-order valence-electron chi connectivity index (χ2n) is 8.77. The zero-order chi connectivity index (χ0) is 23.2. The summed E-state index contributed by atoms with van der Waals surface area (Å²) in [5.41, 5.74) is 3.22. The number of carbonyl (C=O) groups is 1. The van der Waals surface area contributed by atoms with E-state index in [-0.39, 0.29) is 5.91 Å². The molecule has 0 atom stereocenters. The number of benzene rings is 1. The Balaban J connectivity index is 1.25. The average molecular weight is 469 g/mol. The minimum atomic E-state index is 0.0544. The fourth-order valence-electron chi connectivity index (χ4n) is 3.77. The Kier molecular flexibility index (Phi) is 7.90. The standard InChI is InChI=1S/C25H32N4O3S/c1-18(2)19-4-6-20(7-5-19)22-14-26-23(32-22)8-9-25(30)28(3)15-21-17-33-24(27-21)16-29-10-12-31-13-11-29/h4-7,14,17-18H,8-13,15-16H2,1-3H3. The number of hydrogen-bond donors (Lipinski definition) is 0.